The van der Waals surface area contributed by atoms with Crippen LogP contribution in [0.25, 0.3) is 0 Å². The zero-order valence-electron chi connectivity index (χ0n) is 18.9. The first-order valence-corrected chi connectivity index (χ1v) is 12.1. The van der Waals surface area contributed by atoms with E-state index in [4.69, 9.17) is 0 Å². The van der Waals surface area contributed by atoms with E-state index >= 15 is 0 Å². The number of nitrogens with zero attached hydrogens (tertiary/aromatic N) is 3. The number of nitrogens with one attached hydrogen (secondary N) is 2. The van der Waals surface area contributed by atoms with E-state index in [-0.39, 0.29) is 23.8 Å². The maximum absolute atomic E-state index is 12.8. The highest BCUT2D eigenvalue weighted by Crippen LogP contribution is 2.26. The summed E-state index contributed by atoms with van der Waals surface area (Å²) in [6.07, 6.45) is 4.53. The predicted octanol–water partition coefficient (Wildman–Crippen LogP) is 3.88. The van der Waals surface area contributed by atoms with Gasteiger partial charge in [-0.15, -0.1) is 10.2 Å². The lowest BCUT2D eigenvalue weighted by Crippen LogP contribution is -2.34. The summed E-state index contributed by atoms with van der Waals surface area (Å²) in [4.78, 5) is 25.1. The lowest BCUT2D eigenvalue weighted by atomic mass is 10.0. The number of hydrogen-bond acceptors (Lipinski definition) is 5. The van der Waals surface area contributed by atoms with E-state index < -0.39 is 0 Å². The molecule has 2 N–H and O–H groups in total. The zero-order valence-corrected chi connectivity index (χ0v) is 19.7. The molecule has 1 atom stereocenters. The molecule has 2 amide bonds. The molecule has 1 heterocycles. The Morgan fingerprint density at radius 1 is 1.23 bits per heavy atom. The standard InChI is InChI=1S/C23H33N5O2S/c1-5-28-21(20(15(2)3)25-22(30)17-10-8-9-16(4)13-17)26-27-23(28)31-14-19(29)24-18-11-6-7-12-18/h8-10,13,15,18,20H,5-7,11-12,14H2,1-4H3,(H,24,29)(H,25,30). The number of thioether (sulfide) groups is 1. The molecule has 2 aromatic rings. The molecule has 168 valence electrons. The van der Waals surface area contributed by atoms with E-state index in [1.54, 1.807) is 0 Å². The van der Waals surface area contributed by atoms with Crippen LogP contribution in [0.3, 0.4) is 0 Å². The number of hydrogen-bond donors (Lipinski definition) is 2. The lowest BCUT2D eigenvalue weighted by molar-refractivity contribution is -0.119. The smallest absolute Gasteiger partial charge is 0.251 e. The van der Waals surface area contributed by atoms with Crippen molar-refractivity contribution in [1.82, 2.24) is 25.4 Å². The first-order valence-electron chi connectivity index (χ1n) is 11.1. The van der Waals surface area contributed by atoms with Gasteiger partial charge >= 0.3 is 0 Å². The van der Waals surface area contributed by atoms with Crippen LogP contribution in [-0.2, 0) is 11.3 Å². The maximum Gasteiger partial charge on any atom is 0.251 e. The monoisotopic (exact) mass is 443 g/mol. The Kier molecular flexibility index (Phi) is 8.12. The quantitative estimate of drug-likeness (QED) is 0.574. The topological polar surface area (TPSA) is 88.9 Å². The number of rotatable bonds is 9. The Morgan fingerprint density at radius 2 is 1.97 bits per heavy atom. The van der Waals surface area contributed by atoms with Gasteiger partial charge in [0.05, 0.1) is 11.8 Å². The Hall–Kier alpha value is -2.35. The predicted molar refractivity (Wildman–Crippen MR) is 123 cm³/mol. The highest BCUT2D eigenvalue weighted by molar-refractivity contribution is 7.99. The van der Waals surface area contributed by atoms with Crippen molar-refractivity contribution < 1.29 is 9.59 Å². The van der Waals surface area contributed by atoms with E-state index in [1.807, 2.05) is 42.7 Å². The van der Waals surface area contributed by atoms with E-state index in [9.17, 15) is 9.59 Å². The van der Waals surface area contributed by atoms with E-state index in [2.05, 4.69) is 34.7 Å². The Morgan fingerprint density at radius 3 is 2.61 bits per heavy atom. The van der Waals surface area contributed by atoms with E-state index in [0.29, 0.717) is 29.1 Å². The average molecular weight is 444 g/mol. The molecule has 7 nitrogen and oxygen atoms in total. The van der Waals surface area contributed by atoms with Crippen LogP contribution in [0.5, 0.6) is 0 Å². The summed E-state index contributed by atoms with van der Waals surface area (Å²) in [7, 11) is 0. The highest BCUT2D eigenvalue weighted by Gasteiger charge is 2.26. The third-order valence-corrected chi connectivity index (χ3v) is 6.59. The SMILES string of the molecule is CCn1c(SCC(=O)NC2CCCC2)nnc1C(NC(=O)c1cccc(C)c1)C(C)C. The number of carbonyl (C=O) groups excluding carboxylic acids is 2. The minimum absolute atomic E-state index is 0.0391. The molecule has 1 saturated carbocycles. The summed E-state index contributed by atoms with van der Waals surface area (Å²) < 4.78 is 1.99. The van der Waals surface area contributed by atoms with Crippen LogP contribution in [0.2, 0.25) is 0 Å². The summed E-state index contributed by atoms with van der Waals surface area (Å²) in [6.45, 7) is 8.76. The van der Waals surface area contributed by atoms with Crippen LogP contribution in [0.1, 0.15) is 74.2 Å². The van der Waals surface area contributed by atoms with Crippen molar-refractivity contribution in [3.05, 3.63) is 41.2 Å². The van der Waals surface area contributed by atoms with Gasteiger partial charge in [-0.05, 0) is 44.7 Å². The van der Waals surface area contributed by atoms with Crippen LogP contribution < -0.4 is 10.6 Å². The largest absolute Gasteiger partial charge is 0.353 e. The van der Waals surface area contributed by atoms with Gasteiger partial charge in [-0.2, -0.15) is 0 Å². The first kappa shape index (κ1) is 23.3. The van der Waals surface area contributed by atoms with Crippen LogP contribution in [-0.4, -0.2) is 38.4 Å². The number of amides is 2. The van der Waals surface area contributed by atoms with Crippen molar-refractivity contribution in [2.24, 2.45) is 5.92 Å². The van der Waals surface area contributed by atoms with Crippen LogP contribution in [0.4, 0.5) is 0 Å². The molecule has 0 saturated heterocycles. The number of aryl methyl sites for hydroxylation is 1. The molecule has 8 heteroatoms. The molecule has 0 radical (unpaired) electrons. The molecule has 1 unspecified atom stereocenters. The number of carbonyl (C=O) groups is 2. The summed E-state index contributed by atoms with van der Waals surface area (Å²) >= 11 is 1.39. The summed E-state index contributed by atoms with van der Waals surface area (Å²) in [5.74, 6) is 1.08. The molecule has 31 heavy (non-hydrogen) atoms. The van der Waals surface area contributed by atoms with Gasteiger partial charge in [-0.1, -0.05) is 56.1 Å². The maximum atomic E-state index is 12.8. The van der Waals surface area contributed by atoms with E-state index in [0.717, 1.165) is 24.2 Å². The molecule has 1 aromatic heterocycles. The third-order valence-electron chi connectivity index (χ3n) is 5.63. The first-order chi connectivity index (χ1) is 14.9. The third kappa shape index (κ3) is 6.09. The van der Waals surface area contributed by atoms with Gasteiger partial charge in [0, 0.05) is 18.2 Å². The molecule has 1 fully saturated rings. The Balaban J connectivity index is 1.69. The van der Waals surface area contributed by atoms with Crippen molar-refractivity contribution in [2.75, 3.05) is 5.75 Å². The van der Waals surface area contributed by atoms with Crippen molar-refractivity contribution in [2.45, 2.75) is 77.2 Å². The van der Waals surface area contributed by atoms with Crippen LogP contribution in [0.15, 0.2) is 29.4 Å². The summed E-state index contributed by atoms with van der Waals surface area (Å²) in [6, 6.07) is 7.58. The van der Waals surface area contributed by atoms with Gasteiger partial charge in [0.2, 0.25) is 5.91 Å². The normalized spacial score (nSPS) is 15.3. The van der Waals surface area contributed by atoms with Crippen molar-refractivity contribution >= 4 is 23.6 Å². The fraction of sp³-hybridized carbons (Fsp3) is 0.565. The van der Waals surface area contributed by atoms with Gasteiger partial charge in [0.15, 0.2) is 11.0 Å². The van der Waals surface area contributed by atoms with Crippen LogP contribution in [0, 0.1) is 12.8 Å². The molecule has 1 aromatic carbocycles. The summed E-state index contributed by atoms with van der Waals surface area (Å²) in [5.41, 5.74) is 1.67. The fourth-order valence-corrected chi connectivity index (χ4v) is 4.76. The molecule has 1 aliphatic carbocycles. The van der Waals surface area contributed by atoms with Crippen molar-refractivity contribution in [3.63, 3.8) is 0 Å². The van der Waals surface area contributed by atoms with Crippen LogP contribution >= 0.6 is 11.8 Å². The second kappa shape index (κ2) is 10.8. The average Bonchev–Trinajstić information content (AvgIpc) is 3.39. The molecule has 0 spiro atoms. The van der Waals surface area contributed by atoms with Gasteiger partial charge in [-0.3, -0.25) is 9.59 Å². The van der Waals surface area contributed by atoms with Gasteiger partial charge < -0.3 is 15.2 Å². The van der Waals surface area contributed by atoms with Gasteiger partial charge in [-0.25, -0.2) is 0 Å². The van der Waals surface area contributed by atoms with E-state index in [1.165, 1.54) is 24.6 Å². The van der Waals surface area contributed by atoms with Crippen molar-refractivity contribution in [3.8, 4) is 0 Å². The highest BCUT2D eigenvalue weighted by atomic mass is 32.2. The molecule has 3 rings (SSSR count). The van der Waals surface area contributed by atoms with Crippen molar-refractivity contribution in [1.29, 1.82) is 0 Å². The second-order valence-electron chi connectivity index (χ2n) is 8.49. The van der Waals surface area contributed by atoms with Gasteiger partial charge in [0.25, 0.3) is 5.91 Å². The molecular weight excluding hydrogens is 410 g/mol. The molecule has 0 bridgehead atoms. The lowest BCUT2D eigenvalue weighted by Gasteiger charge is -2.22. The summed E-state index contributed by atoms with van der Waals surface area (Å²) in [5, 5.41) is 15.7. The van der Waals surface area contributed by atoms with Gasteiger partial charge in [0.1, 0.15) is 0 Å². The number of benzene rings is 1. The minimum atomic E-state index is -0.276. The second-order valence-corrected chi connectivity index (χ2v) is 9.43. The zero-order chi connectivity index (χ0) is 22.4. The Bertz CT molecular complexity index is 905. The molecule has 0 aliphatic heterocycles. The fourth-order valence-electron chi connectivity index (χ4n) is 3.94. The Labute approximate surface area is 188 Å². The molecular formula is C23H33N5O2S. The number of aromatic nitrogens is 3. The minimum Gasteiger partial charge on any atom is -0.353 e. The molecule has 1 aliphatic rings.